The summed E-state index contributed by atoms with van der Waals surface area (Å²) in [6.45, 7) is 4.27. The van der Waals surface area contributed by atoms with Gasteiger partial charge in [0.1, 0.15) is 23.0 Å². The lowest BCUT2D eigenvalue weighted by Crippen LogP contribution is -2.22. The second-order valence-electron chi connectivity index (χ2n) is 9.67. The van der Waals surface area contributed by atoms with Gasteiger partial charge in [0.2, 0.25) is 0 Å². The lowest BCUT2D eigenvalue weighted by Gasteiger charge is -2.23. The SMILES string of the molecule is CC1=CC(C)CC(n2nc(C3CCC3)cc2NC(=O)Nc2ccc(Oc3ccnc(C(N)=O)c3)cc2)=C1. The molecule has 2 aliphatic rings. The quantitative estimate of drug-likeness (QED) is 0.374. The van der Waals surface area contributed by atoms with Gasteiger partial charge >= 0.3 is 6.03 Å². The number of hydrogen-bond acceptors (Lipinski definition) is 5. The van der Waals surface area contributed by atoms with Crippen LogP contribution >= 0.6 is 0 Å². The van der Waals surface area contributed by atoms with Crippen LogP contribution in [0.3, 0.4) is 0 Å². The lowest BCUT2D eigenvalue weighted by molar-refractivity contribution is 0.0995. The summed E-state index contributed by atoms with van der Waals surface area (Å²) in [5.41, 5.74) is 9.30. The van der Waals surface area contributed by atoms with Crippen LogP contribution in [0.15, 0.2) is 66.4 Å². The normalized spacial score (nSPS) is 17.3. The zero-order valence-electron chi connectivity index (χ0n) is 20.9. The largest absolute Gasteiger partial charge is 0.457 e. The van der Waals surface area contributed by atoms with Gasteiger partial charge in [0.05, 0.1) is 5.69 Å². The van der Waals surface area contributed by atoms with Crippen LogP contribution in [0.2, 0.25) is 0 Å². The molecule has 1 saturated carbocycles. The molecule has 0 spiro atoms. The maximum atomic E-state index is 12.9. The Balaban J connectivity index is 1.27. The van der Waals surface area contributed by atoms with Gasteiger partial charge in [-0.15, -0.1) is 0 Å². The van der Waals surface area contributed by atoms with E-state index in [9.17, 15) is 9.59 Å². The van der Waals surface area contributed by atoms with E-state index in [2.05, 4.69) is 41.6 Å². The molecule has 0 saturated heterocycles. The maximum Gasteiger partial charge on any atom is 0.324 e. The van der Waals surface area contributed by atoms with E-state index in [4.69, 9.17) is 15.6 Å². The monoisotopic (exact) mass is 498 g/mol. The molecule has 2 aliphatic carbocycles. The summed E-state index contributed by atoms with van der Waals surface area (Å²) in [6, 6.07) is 11.7. The number of pyridine rings is 1. The number of nitrogens with two attached hydrogens (primary N) is 1. The van der Waals surface area contributed by atoms with Gasteiger partial charge < -0.3 is 15.8 Å². The summed E-state index contributed by atoms with van der Waals surface area (Å²) in [7, 11) is 0. The van der Waals surface area contributed by atoms with Crippen LogP contribution in [-0.2, 0) is 0 Å². The lowest BCUT2D eigenvalue weighted by atomic mass is 9.83. The Hall–Kier alpha value is -4.40. The Morgan fingerprint density at radius 1 is 1.08 bits per heavy atom. The van der Waals surface area contributed by atoms with E-state index >= 15 is 0 Å². The summed E-state index contributed by atoms with van der Waals surface area (Å²) in [5, 5.41) is 10.7. The fourth-order valence-corrected chi connectivity index (χ4v) is 4.60. The fourth-order valence-electron chi connectivity index (χ4n) is 4.60. The molecular formula is C28H30N6O3. The average molecular weight is 499 g/mol. The van der Waals surface area contributed by atoms with Crippen LogP contribution in [0.5, 0.6) is 11.5 Å². The molecule has 4 N–H and O–H groups in total. The van der Waals surface area contributed by atoms with Crippen molar-refractivity contribution in [3.05, 3.63) is 77.8 Å². The Kier molecular flexibility index (Phi) is 6.76. The molecule has 190 valence electrons. The second-order valence-corrected chi connectivity index (χ2v) is 9.67. The molecule has 37 heavy (non-hydrogen) atoms. The van der Waals surface area contributed by atoms with E-state index in [0.717, 1.165) is 30.7 Å². The summed E-state index contributed by atoms with van der Waals surface area (Å²) in [4.78, 5) is 28.1. The summed E-state index contributed by atoms with van der Waals surface area (Å²) >= 11 is 0. The number of amides is 3. The fraction of sp³-hybridized carbons (Fsp3) is 0.286. The van der Waals surface area contributed by atoms with Gasteiger partial charge in [0.25, 0.3) is 5.91 Å². The number of benzene rings is 1. The van der Waals surface area contributed by atoms with Crippen molar-refractivity contribution in [2.24, 2.45) is 11.7 Å². The standard InChI is InChI=1S/C28H30N6O3/c1-17-12-18(2)14-21(13-17)34-26(16-24(33-34)19-4-3-5-19)32-28(36)31-20-6-8-22(9-7-20)37-23-10-11-30-25(15-23)27(29)35/h6-13,15-16,18-19H,3-5,14H2,1-2H3,(H2,29,35)(H2,31,32,36). The topological polar surface area (TPSA) is 124 Å². The molecule has 0 radical (unpaired) electrons. The van der Waals surface area contributed by atoms with Crippen molar-refractivity contribution < 1.29 is 14.3 Å². The van der Waals surface area contributed by atoms with Crippen LogP contribution in [0, 0.1) is 5.92 Å². The predicted molar refractivity (Wildman–Crippen MR) is 143 cm³/mol. The van der Waals surface area contributed by atoms with Gasteiger partial charge in [-0.25, -0.2) is 9.48 Å². The highest BCUT2D eigenvalue weighted by Gasteiger charge is 2.25. The number of carbonyl (C=O) groups is 2. The number of allylic oxidation sites excluding steroid dienone is 4. The van der Waals surface area contributed by atoms with E-state index in [1.165, 1.54) is 24.3 Å². The highest BCUT2D eigenvalue weighted by Crippen LogP contribution is 2.38. The van der Waals surface area contributed by atoms with Crippen LogP contribution in [0.25, 0.3) is 5.70 Å². The number of carbonyl (C=O) groups excluding carboxylic acids is 2. The molecule has 5 rings (SSSR count). The molecule has 1 unspecified atom stereocenters. The molecule has 2 heterocycles. The van der Waals surface area contributed by atoms with E-state index in [0.29, 0.717) is 34.8 Å². The van der Waals surface area contributed by atoms with E-state index < -0.39 is 5.91 Å². The second kappa shape index (κ2) is 10.3. The Morgan fingerprint density at radius 2 is 1.86 bits per heavy atom. The number of nitrogens with zero attached hydrogens (tertiary/aromatic N) is 3. The molecule has 0 aliphatic heterocycles. The molecular weight excluding hydrogens is 468 g/mol. The number of hydrogen-bond donors (Lipinski definition) is 3. The van der Waals surface area contributed by atoms with Gasteiger partial charge in [0, 0.05) is 35.6 Å². The molecule has 2 aromatic heterocycles. The van der Waals surface area contributed by atoms with Gasteiger partial charge in [-0.2, -0.15) is 5.10 Å². The predicted octanol–water partition coefficient (Wildman–Crippen LogP) is 5.91. The Labute approximate surface area is 215 Å². The van der Waals surface area contributed by atoms with E-state index in [1.807, 2.05) is 10.7 Å². The van der Waals surface area contributed by atoms with Crippen LogP contribution in [0.4, 0.5) is 16.3 Å². The third kappa shape index (κ3) is 5.72. The third-order valence-corrected chi connectivity index (χ3v) is 6.57. The van der Waals surface area contributed by atoms with E-state index in [1.54, 1.807) is 30.3 Å². The smallest absolute Gasteiger partial charge is 0.324 e. The summed E-state index contributed by atoms with van der Waals surface area (Å²) in [5.74, 6) is 1.88. The van der Waals surface area contributed by atoms with Crippen molar-refractivity contribution in [2.45, 2.75) is 45.4 Å². The minimum atomic E-state index is -0.627. The number of rotatable bonds is 7. The van der Waals surface area contributed by atoms with Crippen molar-refractivity contribution in [1.82, 2.24) is 14.8 Å². The summed E-state index contributed by atoms with van der Waals surface area (Å²) in [6.07, 6.45) is 10.2. The minimum Gasteiger partial charge on any atom is -0.457 e. The number of anilines is 2. The van der Waals surface area contributed by atoms with Crippen molar-refractivity contribution in [1.29, 1.82) is 0 Å². The summed E-state index contributed by atoms with van der Waals surface area (Å²) < 4.78 is 7.65. The van der Waals surface area contributed by atoms with E-state index in [-0.39, 0.29) is 11.7 Å². The zero-order chi connectivity index (χ0) is 25.9. The Bertz CT molecular complexity index is 1390. The average Bonchev–Trinajstić information content (AvgIpc) is 3.21. The van der Waals surface area contributed by atoms with Crippen molar-refractivity contribution >= 4 is 29.1 Å². The zero-order valence-corrected chi connectivity index (χ0v) is 20.9. The number of urea groups is 1. The first kappa shape index (κ1) is 24.3. The minimum absolute atomic E-state index is 0.122. The number of ether oxygens (including phenoxy) is 1. The molecule has 3 amide bonds. The first-order valence-corrected chi connectivity index (χ1v) is 12.4. The highest BCUT2D eigenvalue weighted by molar-refractivity contribution is 5.99. The molecule has 1 fully saturated rings. The molecule has 0 bridgehead atoms. The van der Waals surface area contributed by atoms with Crippen molar-refractivity contribution in [3.63, 3.8) is 0 Å². The van der Waals surface area contributed by atoms with Gasteiger partial charge in [0.15, 0.2) is 0 Å². The first-order valence-electron chi connectivity index (χ1n) is 12.4. The molecule has 9 nitrogen and oxygen atoms in total. The molecule has 3 aromatic rings. The highest BCUT2D eigenvalue weighted by atomic mass is 16.5. The van der Waals surface area contributed by atoms with Crippen molar-refractivity contribution in [3.8, 4) is 11.5 Å². The number of nitrogens with one attached hydrogen (secondary N) is 2. The molecule has 9 heteroatoms. The van der Waals surface area contributed by atoms with Gasteiger partial charge in [-0.3, -0.25) is 15.1 Å². The third-order valence-electron chi connectivity index (χ3n) is 6.57. The molecule has 1 aromatic carbocycles. The van der Waals surface area contributed by atoms with Gasteiger partial charge in [-0.1, -0.05) is 25.0 Å². The van der Waals surface area contributed by atoms with Crippen LogP contribution in [-0.4, -0.2) is 26.7 Å². The van der Waals surface area contributed by atoms with Gasteiger partial charge in [-0.05, 0) is 68.5 Å². The maximum absolute atomic E-state index is 12.9. The Morgan fingerprint density at radius 3 is 2.54 bits per heavy atom. The number of primary amides is 1. The van der Waals surface area contributed by atoms with Crippen LogP contribution in [0.1, 0.15) is 61.6 Å². The first-order chi connectivity index (χ1) is 17.8. The number of aromatic nitrogens is 3. The molecule has 1 atom stereocenters. The van der Waals surface area contributed by atoms with Crippen molar-refractivity contribution in [2.75, 3.05) is 10.6 Å². The van der Waals surface area contributed by atoms with Crippen LogP contribution < -0.4 is 21.1 Å².